The third kappa shape index (κ3) is 3.14. The highest BCUT2D eigenvalue weighted by Crippen LogP contribution is 2.61. The maximum Gasteiger partial charge on any atom is 0.185 e. The Balaban J connectivity index is 1.57. The molecule has 4 nitrogen and oxygen atoms in total. The van der Waals surface area contributed by atoms with E-state index >= 15 is 0 Å². The van der Waals surface area contributed by atoms with Crippen LogP contribution in [0.15, 0.2) is 103 Å². The van der Waals surface area contributed by atoms with Crippen molar-refractivity contribution >= 4 is 40.7 Å². The van der Waals surface area contributed by atoms with Crippen LogP contribution in [0.1, 0.15) is 48.1 Å². The van der Waals surface area contributed by atoms with Crippen LogP contribution in [0.2, 0.25) is 5.02 Å². The van der Waals surface area contributed by atoms with E-state index in [1.54, 1.807) is 91.0 Å². The zero-order valence-corrected chi connectivity index (χ0v) is 21.3. The fourth-order valence-electron chi connectivity index (χ4n) is 6.79. The van der Waals surface area contributed by atoms with Gasteiger partial charge >= 0.3 is 0 Å². The number of ketones is 3. The first-order valence-electron chi connectivity index (χ1n) is 12.7. The highest BCUT2D eigenvalue weighted by molar-refractivity contribution is 6.34. The number of nitrogens with zero attached hydrogens (tertiary/aromatic N) is 1. The first-order valence-corrected chi connectivity index (χ1v) is 13.1. The SMILES string of the molecule is O=C(c1ccccc1)C1C(c2ccccc2Cl)C2(C(=O)c3ccccc3C2=O)C2C=Cc3cc(F)ccc3N12. The summed E-state index contributed by atoms with van der Waals surface area (Å²) in [4.78, 5) is 45.5. The number of carbonyl (C=O) groups is 3. The van der Waals surface area contributed by atoms with E-state index < -0.39 is 29.2 Å². The Hall–Kier alpha value is -4.35. The topological polar surface area (TPSA) is 54.5 Å². The minimum Gasteiger partial charge on any atom is -0.352 e. The Morgan fingerprint density at radius 1 is 0.821 bits per heavy atom. The Kier molecular flexibility index (Phi) is 5.23. The molecule has 2 heterocycles. The molecule has 0 saturated carbocycles. The molecular weight excluding hydrogens is 513 g/mol. The fraction of sp³-hybridized carbons (Fsp3) is 0.121. The van der Waals surface area contributed by atoms with Crippen LogP contribution in [0.5, 0.6) is 0 Å². The molecule has 3 atom stereocenters. The summed E-state index contributed by atoms with van der Waals surface area (Å²) < 4.78 is 14.3. The summed E-state index contributed by atoms with van der Waals surface area (Å²) >= 11 is 6.79. The number of halogens is 2. The van der Waals surface area contributed by atoms with E-state index in [9.17, 15) is 18.8 Å². The minimum absolute atomic E-state index is 0.246. The van der Waals surface area contributed by atoms with Gasteiger partial charge in [0.1, 0.15) is 17.3 Å². The minimum atomic E-state index is -1.65. The highest BCUT2D eigenvalue weighted by atomic mass is 35.5. The lowest BCUT2D eigenvalue weighted by molar-refractivity contribution is 0.0666. The highest BCUT2D eigenvalue weighted by Gasteiger charge is 2.71. The van der Waals surface area contributed by atoms with Gasteiger partial charge in [-0.3, -0.25) is 14.4 Å². The average Bonchev–Trinajstić information content (AvgIpc) is 3.39. The van der Waals surface area contributed by atoms with Crippen molar-refractivity contribution in [1.29, 1.82) is 0 Å². The van der Waals surface area contributed by atoms with Gasteiger partial charge in [-0.15, -0.1) is 0 Å². The van der Waals surface area contributed by atoms with Crippen LogP contribution in [0.25, 0.3) is 6.08 Å². The standard InChI is InChI=1S/C33H21ClFNO3/c34-25-13-7-6-12-24(25)28-29(30(37)19-8-2-1-3-9-19)36-26-16-15-21(35)18-20(26)14-17-27(36)33(28)31(38)22-10-4-5-11-23(22)32(33)39/h1-18,27-29H. The van der Waals surface area contributed by atoms with Gasteiger partial charge in [0.25, 0.3) is 0 Å². The molecule has 1 fully saturated rings. The molecule has 0 N–H and O–H groups in total. The van der Waals surface area contributed by atoms with Crippen LogP contribution in [-0.4, -0.2) is 29.4 Å². The molecule has 0 bridgehead atoms. The molecule has 1 aliphatic carbocycles. The predicted octanol–water partition coefficient (Wildman–Crippen LogP) is 6.80. The lowest BCUT2D eigenvalue weighted by atomic mass is 9.64. The van der Waals surface area contributed by atoms with Gasteiger partial charge in [-0.1, -0.05) is 96.5 Å². The van der Waals surface area contributed by atoms with Crippen LogP contribution in [0.4, 0.5) is 10.1 Å². The quantitative estimate of drug-likeness (QED) is 0.215. The van der Waals surface area contributed by atoms with E-state index in [0.29, 0.717) is 38.5 Å². The van der Waals surface area contributed by atoms with Crippen molar-refractivity contribution in [3.05, 3.63) is 142 Å². The van der Waals surface area contributed by atoms with Gasteiger partial charge < -0.3 is 4.90 Å². The van der Waals surface area contributed by atoms with Crippen molar-refractivity contribution in [3.63, 3.8) is 0 Å². The summed E-state index contributed by atoms with van der Waals surface area (Å²) in [5.74, 6) is -2.23. The molecule has 2 aliphatic heterocycles. The zero-order chi connectivity index (χ0) is 26.9. The molecule has 0 aromatic heterocycles. The van der Waals surface area contributed by atoms with E-state index in [2.05, 4.69) is 0 Å². The molecule has 6 heteroatoms. The monoisotopic (exact) mass is 533 g/mol. The van der Waals surface area contributed by atoms with Crippen molar-refractivity contribution in [2.75, 3.05) is 4.90 Å². The number of anilines is 1. The molecule has 3 aliphatic rings. The molecule has 4 aromatic carbocycles. The summed E-state index contributed by atoms with van der Waals surface area (Å²) in [6, 6.07) is 25.3. The largest absolute Gasteiger partial charge is 0.352 e. The first kappa shape index (κ1) is 23.7. The van der Waals surface area contributed by atoms with Gasteiger partial charge in [-0.25, -0.2) is 4.39 Å². The number of hydrogen-bond donors (Lipinski definition) is 0. The van der Waals surface area contributed by atoms with Crippen molar-refractivity contribution < 1.29 is 18.8 Å². The van der Waals surface area contributed by atoms with Gasteiger partial charge in [-0.05, 0) is 29.8 Å². The number of hydrogen-bond acceptors (Lipinski definition) is 4. The molecule has 1 saturated heterocycles. The molecule has 1 spiro atoms. The molecule has 39 heavy (non-hydrogen) atoms. The maximum absolute atomic E-state index is 14.6. The third-order valence-corrected chi connectivity index (χ3v) is 8.68. The molecule has 0 radical (unpaired) electrons. The molecule has 0 amide bonds. The van der Waals surface area contributed by atoms with Crippen LogP contribution < -0.4 is 4.90 Å². The zero-order valence-electron chi connectivity index (χ0n) is 20.6. The van der Waals surface area contributed by atoms with Gasteiger partial charge in [-0.2, -0.15) is 0 Å². The van der Waals surface area contributed by atoms with Crippen LogP contribution in [0.3, 0.4) is 0 Å². The second-order valence-corrected chi connectivity index (χ2v) is 10.6. The maximum atomic E-state index is 14.6. The van der Waals surface area contributed by atoms with Crippen molar-refractivity contribution in [3.8, 4) is 0 Å². The normalized spacial score (nSPS) is 22.1. The van der Waals surface area contributed by atoms with Crippen LogP contribution in [0, 0.1) is 11.2 Å². The molecular formula is C33H21ClFNO3. The van der Waals surface area contributed by atoms with Crippen molar-refractivity contribution in [2.24, 2.45) is 5.41 Å². The average molecular weight is 534 g/mol. The Bertz CT molecular complexity index is 1700. The summed E-state index contributed by atoms with van der Waals surface area (Å²) in [5.41, 5.74) is 1.19. The van der Waals surface area contributed by atoms with Gasteiger partial charge in [0.05, 0.1) is 6.04 Å². The van der Waals surface area contributed by atoms with Crippen LogP contribution in [-0.2, 0) is 0 Å². The summed E-state index contributed by atoms with van der Waals surface area (Å²) in [7, 11) is 0. The van der Waals surface area contributed by atoms with Crippen molar-refractivity contribution in [1.82, 2.24) is 0 Å². The van der Waals surface area contributed by atoms with E-state index in [-0.39, 0.29) is 17.3 Å². The van der Waals surface area contributed by atoms with Crippen molar-refractivity contribution in [2.45, 2.75) is 18.0 Å². The Labute approximate surface area is 229 Å². The van der Waals surface area contributed by atoms with Gasteiger partial charge in [0.2, 0.25) is 0 Å². The van der Waals surface area contributed by atoms with Gasteiger partial charge in [0.15, 0.2) is 17.3 Å². The number of rotatable bonds is 3. The number of fused-ring (bicyclic) bond motifs is 5. The van der Waals surface area contributed by atoms with Gasteiger partial charge in [0, 0.05) is 38.9 Å². The lowest BCUT2D eigenvalue weighted by Crippen LogP contribution is -2.48. The summed E-state index contributed by atoms with van der Waals surface area (Å²) in [5, 5.41) is 0.368. The molecule has 4 aromatic rings. The number of Topliss-reactive ketones (excluding diaryl/α,β-unsaturated/α-hetero) is 3. The Morgan fingerprint density at radius 2 is 1.46 bits per heavy atom. The number of benzene rings is 4. The summed E-state index contributed by atoms with van der Waals surface area (Å²) in [6.45, 7) is 0. The lowest BCUT2D eigenvalue weighted by Gasteiger charge is -2.37. The molecule has 190 valence electrons. The number of carbonyl (C=O) groups excluding carboxylic acids is 3. The molecule has 3 unspecified atom stereocenters. The second kappa shape index (κ2) is 8.58. The molecule has 7 rings (SSSR count). The fourth-order valence-corrected chi connectivity index (χ4v) is 7.04. The Morgan fingerprint density at radius 3 is 2.15 bits per heavy atom. The van der Waals surface area contributed by atoms with E-state index in [4.69, 9.17) is 11.6 Å². The predicted molar refractivity (Wildman–Crippen MR) is 148 cm³/mol. The third-order valence-electron chi connectivity index (χ3n) is 8.33. The van der Waals surface area contributed by atoms with Crippen LogP contribution >= 0.6 is 11.6 Å². The van der Waals surface area contributed by atoms with E-state index in [0.717, 1.165) is 0 Å². The second-order valence-electron chi connectivity index (χ2n) is 10.2. The first-order chi connectivity index (χ1) is 18.9. The van der Waals surface area contributed by atoms with E-state index in [1.165, 1.54) is 12.1 Å². The van der Waals surface area contributed by atoms with E-state index in [1.807, 2.05) is 11.0 Å². The summed E-state index contributed by atoms with van der Waals surface area (Å²) in [6.07, 6.45) is 3.51. The smallest absolute Gasteiger partial charge is 0.185 e.